The fourth-order valence-electron chi connectivity index (χ4n) is 13.6. The molecule has 0 aliphatic carbocycles. The average molecular weight is 1470 g/mol. The van der Waals surface area contributed by atoms with Crippen molar-refractivity contribution in [1.82, 2.24) is 49.4 Å². The molecule has 3 aromatic carbocycles. The van der Waals surface area contributed by atoms with Crippen LogP contribution < -0.4 is 5.32 Å². The van der Waals surface area contributed by atoms with E-state index < -0.39 is 14.4 Å². The standard InChI is InChI=1S/C17H26N2O.C17H28N2O.C13H23NOSi.C11H24N2O.C10H22N2O.C8H15NO.C4H8O2.4CH4/c1-4-19(5-2)17(20)16-13-18(11-14(16)3)12-15-9-7-6-8-10-15;1-3-18(4-2)11-16-12-19(13-17(16)14-20)10-15-8-6-5-7-9-15;1-15-11-14(12-16(2,3)4)10-13-8-6-5-7-9-13;1-4-13(5-2)8-10-6-12(3)7-11(10)9-14;1-3-12(4-2)7-9-5-11-6-10(9)8-13;1-4-7-8(10)9(5-2)6-3;1-2-3-4(5)6;;;;/h6-10,14,16H,4-5,11-13H2,1-3H3;5-9,16-17,20H,3-4,10-14H2,1-2H3;5-9H,10-12H2,1-4H3;10-11,14H,4-9H2,1-3H3;9-11,13H,3-8H2,1-2H3;4,7H,5-6H2,1-3H3;2-6H,1H3;4*1H4/b;;;;;7-4+;3-2+;;;;. The molecule has 0 aromatic heterocycles. The van der Waals surface area contributed by atoms with Crippen LogP contribution in [-0.2, 0) is 34.0 Å². The molecule has 103 heavy (non-hydrogen) atoms. The van der Waals surface area contributed by atoms with Gasteiger partial charge in [-0.3, -0.25) is 24.3 Å². The van der Waals surface area contributed by atoms with Crippen molar-refractivity contribution < 1.29 is 39.9 Å². The lowest BCUT2D eigenvalue weighted by atomic mass is 9.96. The SMILES string of the molecule is C.C.C.C.C/C=C/C(=O)N(CC)CC.C/C=C/C(O)O.CCN(CC)C(=O)C1CN(Cc2ccccc2)CC1C.CCN(CC)CC1CN(C)CC1CO.CCN(CC)CC1CN(Cc2ccccc2)CC1CO.CCN(CC)CC1CNCC1CO.COCN(Cc1ccccc1)C[Si](C)(C)C. The van der Waals surface area contributed by atoms with Crippen LogP contribution in [0.15, 0.2) is 115 Å². The van der Waals surface area contributed by atoms with Crippen LogP contribution in [0, 0.1) is 47.3 Å². The van der Waals surface area contributed by atoms with Crippen LogP contribution in [0.4, 0.5) is 0 Å². The number of nitrogens with zero attached hydrogens (tertiary/aromatic N) is 9. The molecule has 7 rings (SSSR count). The third kappa shape index (κ3) is 44.6. The second-order valence-electron chi connectivity index (χ2n) is 28.3. The van der Waals surface area contributed by atoms with Crippen molar-refractivity contribution in [3.05, 3.63) is 132 Å². The Labute approximate surface area is 634 Å². The summed E-state index contributed by atoms with van der Waals surface area (Å²) in [6.07, 6.45) is 6.10. The molecule has 0 spiro atoms. The van der Waals surface area contributed by atoms with Crippen LogP contribution in [0.2, 0.25) is 19.6 Å². The summed E-state index contributed by atoms with van der Waals surface area (Å²) in [7, 11) is 2.84. The molecule has 4 aliphatic rings. The molecule has 3 aromatic rings. The summed E-state index contributed by atoms with van der Waals surface area (Å²) in [5.41, 5.74) is 4.06. The van der Waals surface area contributed by atoms with Gasteiger partial charge in [-0.15, -0.1) is 0 Å². The van der Waals surface area contributed by atoms with E-state index in [1.54, 1.807) is 37.2 Å². The van der Waals surface area contributed by atoms with Gasteiger partial charge < -0.3 is 65.0 Å². The molecule has 6 N–H and O–H groups in total. The third-order valence-corrected chi connectivity index (χ3v) is 20.7. The van der Waals surface area contributed by atoms with Gasteiger partial charge in [0, 0.05) is 138 Å². The lowest BCUT2D eigenvalue weighted by Gasteiger charge is -2.28. The Kier molecular flexibility index (Phi) is 64.0. The molecule has 8 unspecified atom stereocenters. The molecule has 4 heterocycles. The number of likely N-dealkylation sites (N-methyl/N-ethyl adjacent to an activating group) is 1. The topological polar surface area (TPSA) is 186 Å². The van der Waals surface area contributed by atoms with Crippen molar-refractivity contribution in [2.75, 3.05) is 184 Å². The van der Waals surface area contributed by atoms with E-state index >= 15 is 0 Å². The molecular weight excluding hydrogens is 1310 g/mol. The Hall–Kier alpha value is -4.26. The van der Waals surface area contributed by atoms with Crippen LogP contribution in [-0.4, -0.2) is 280 Å². The third-order valence-electron chi connectivity index (χ3n) is 19.3. The van der Waals surface area contributed by atoms with Gasteiger partial charge in [-0.25, -0.2) is 0 Å². The number of ether oxygens (including phenoxy) is 1. The fraction of sp³-hybridized carbons (Fsp3) is 0.714. The van der Waals surface area contributed by atoms with Crippen LogP contribution in [0.5, 0.6) is 0 Å². The lowest BCUT2D eigenvalue weighted by molar-refractivity contribution is -0.135. The fourth-order valence-corrected chi connectivity index (χ4v) is 15.1. The maximum Gasteiger partial charge on any atom is 0.246 e. The molecule has 8 atom stereocenters. The zero-order valence-corrected chi connectivity index (χ0v) is 66.7. The summed E-state index contributed by atoms with van der Waals surface area (Å²) in [6.45, 7) is 60.5. The Morgan fingerprint density at radius 3 is 1.29 bits per heavy atom. The number of nitrogens with one attached hydrogen (secondary N) is 1. The zero-order valence-electron chi connectivity index (χ0n) is 65.7. The van der Waals surface area contributed by atoms with Crippen LogP contribution in [0.3, 0.4) is 0 Å². The summed E-state index contributed by atoms with van der Waals surface area (Å²) in [6, 6.07) is 31.7. The summed E-state index contributed by atoms with van der Waals surface area (Å²) < 4.78 is 5.27. The van der Waals surface area contributed by atoms with E-state index in [1.165, 1.54) is 28.9 Å². The first-order valence-electron chi connectivity index (χ1n) is 37.8. The van der Waals surface area contributed by atoms with E-state index in [0.29, 0.717) is 67.2 Å². The van der Waals surface area contributed by atoms with Gasteiger partial charge in [-0.1, -0.05) is 201 Å². The van der Waals surface area contributed by atoms with Crippen molar-refractivity contribution in [2.45, 2.75) is 165 Å². The van der Waals surface area contributed by atoms with E-state index in [-0.39, 0.29) is 41.5 Å². The Bertz CT molecular complexity index is 2470. The number of benzene rings is 3. The maximum absolute atomic E-state index is 12.5. The minimum Gasteiger partial charge on any atom is -0.396 e. The number of hydrogen-bond acceptors (Lipinski definition) is 16. The molecule has 600 valence electrons. The first-order chi connectivity index (χ1) is 47.5. The Balaban J connectivity index is -0.000000564. The van der Waals surface area contributed by atoms with Crippen molar-refractivity contribution in [3.63, 3.8) is 0 Å². The highest BCUT2D eigenvalue weighted by Gasteiger charge is 2.37. The first-order valence-corrected chi connectivity index (χ1v) is 41.5. The highest BCUT2D eigenvalue weighted by atomic mass is 28.3. The molecule has 2 amide bonds. The molecule has 0 radical (unpaired) electrons. The monoisotopic (exact) mass is 1470 g/mol. The van der Waals surface area contributed by atoms with Gasteiger partial charge in [-0.05, 0) is 171 Å². The second-order valence-corrected chi connectivity index (χ2v) is 33.7. The minimum absolute atomic E-state index is 0. The molecule has 19 heteroatoms. The predicted octanol–water partition coefficient (Wildman–Crippen LogP) is 12.2. The highest BCUT2D eigenvalue weighted by Crippen LogP contribution is 2.28. The van der Waals surface area contributed by atoms with E-state index in [4.69, 9.17) is 20.1 Å². The van der Waals surface area contributed by atoms with Crippen molar-refractivity contribution >= 4 is 19.9 Å². The summed E-state index contributed by atoms with van der Waals surface area (Å²) >= 11 is 0. The number of amides is 2. The smallest absolute Gasteiger partial charge is 0.246 e. The van der Waals surface area contributed by atoms with Crippen LogP contribution >= 0.6 is 0 Å². The molecular formula is C84H162N10O8Si. The van der Waals surface area contributed by atoms with Crippen LogP contribution in [0.1, 0.15) is 136 Å². The lowest BCUT2D eigenvalue weighted by Crippen LogP contribution is -2.40. The van der Waals surface area contributed by atoms with E-state index in [0.717, 1.165) is 164 Å². The number of aliphatic hydroxyl groups is 5. The zero-order chi connectivity index (χ0) is 74.1. The van der Waals surface area contributed by atoms with E-state index in [2.05, 4.69) is 214 Å². The number of carbonyl (C=O) groups excluding carboxylic acids is 2. The average Bonchev–Trinajstić information content (AvgIpc) is 1.71. The van der Waals surface area contributed by atoms with Crippen molar-refractivity contribution in [1.29, 1.82) is 0 Å². The summed E-state index contributed by atoms with van der Waals surface area (Å²) in [4.78, 5) is 44.3. The van der Waals surface area contributed by atoms with Gasteiger partial charge in [0.2, 0.25) is 11.8 Å². The molecule has 18 nitrogen and oxygen atoms in total. The van der Waals surface area contributed by atoms with Gasteiger partial charge in [0.1, 0.15) is 0 Å². The van der Waals surface area contributed by atoms with E-state index in [9.17, 15) is 19.8 Å². The number of allylic oxidation sites excluding steroid dienone is 2. The molecule has 4 saturated heterocycles. The normalized spacial score (nSPS) is 20.1. The van der Waals surface area contributed by atoms with Crippen molar-refractivity contribution in [2.24, 2.45) is 47.3 Å². The number of aliphatic hydroxyl groups excluding tert-OH is 4. The summed E-state index contributed by atoms with van der Waals surface area (Å²) in [5, 5.41) is 47.4. The summed E-state index contributed by atoms with van der Waals surface area (Å²) in [5.74, 6) is 4.34. The molecule has 4 fully saturated rings. The van der Waals surface area contributed by atoms with Gasteiger partial charge in [0.05, 0.1) is 20.7 Å². The highest BCUT2D eigenvalue weighted by molar-refractivity contribution is 6.76. The van der Waals surface area contributed by atoms with Crippen LogP contribution in [0.25, 0.3) is 0 Å². The van der Waals surface area contributed by atoms with Gasteiger partial charge in [0.25, 0.3) is 0 Å². The Morgan fingerprint density at radius 1 is 0.524 bits per heavy atom. The number of rotatable bonds is 32. The maximum atomic E-state index is 12.5. The Morgan fingerprint density at radius 2 is 0.913 bits per heavy atom. The molecule has 4 aliphatic heterocycles. The molecule has 0 saturated carbocycles. The van der Waals surface area contributed by atoms with E-state index in [1.807, 2.05) is 31.7 Å². The first kappa shape index (κ1) is 105. The predicted molar refractivity (Wildman–Crippen MR) is 445 cm³/mol. The molecule has 0 bridgehead atoms. The van der Waals surface area contributed by atoms with Gasteiger partial charge in [-0.2, -0.15) is 0 Å². The number of methoxy groups -OCH3 is 1. The minimum atomic E-state index is -1.28. The quantitative estimate of drug-likeness (QED) is 0.0150. The van der Waals surface area contributed by atoms with Crippen molar-refractivity contribution in [3.8, 4) is 0 Å². The van der Waals surface area contributed by atoms with Gasteiger partial charge in [0.15, 0.2) is 6.29 Å². The van der Waals surface area contributed by atoms with Gasteiger partial charge >= 0.3 is 0 Å². The number of carbonyl (C=O) groups is 2. The number of hydrogen-bond donors (Lipinski definition) is 6. The number of likely N-dealkylation sites (tertiary alicyclic amines) is 3. The second kappa shape index (κ2) is 62.7. The largest absolute Gasteiger partial charge is 0.396 e.